The van der Waals surface area contributed by atoms with Crippen LogP contribution in [0.4, 0.5) is 5.69 Å². The van der Waals surface area contributed by atoms with Crippen LogP contribution in [0.1, 0.15) is 5.69 Å². The highest BCUT2D eigenvalue weighted by Crippen LogP contribution is 2.17. The summed E-state index contributed by atoms with van der Waals surface area (Å²) in [6, 6.07) is 9.94. The summed E-state index contributed by atoms with van der Waals surface area (Å²) in [5.41, 5.74) is 8.35. The summed E-state index contributed by atoms with van der Waals surface area (Å²) in [6.45, 7) is 3.29. The molecule has 3 N–H and O–H groups in total. The highest BCUT2D eigenvalue weighted by atomic mass is 15.0. The monoisotopic (exact) mass is 228 g/mol. The first-order valence-corrected chi connectivity index (χ1v) is 5.64. The van der Waals surface area contributed by atoms with E-state index in [2.05, 4.69) is 15.3 Å². The van der Waals surface area contributed by atoms with Crippen molar-refractivity contribution >= 4 is 5.69 Å². The molecule has 0 aliphatic rings. The SMILES string of the molecule is Cc1nc(-c2ccccc2)ncc1NCCN. The average Bonchev–Trinajstić information content (AvgIpc) is 2.38. The summed E-state index contributed by atoms with van der Waals surface area (Å²) in [6.07, 6.45) is 1.81. The molecule has 0 aliphatic heterocycles. The van der Waals surface area contributed by atoms with Crippen LogP contribution in [0.25, 0.3) is 11.4 Å². The Balaban J connectivity index is 2.25. The number of anilines is 1. The molecule has 0 radical (unpaired) electrons. The highest BCUT2D eigenvalue weighted by molar-refractivity contribution is 5.57. The highest BCUT2D eigenvalue weighted by Gasteiger charge is 2.04. The third-order valence-electron chi connectivity index (χ3n) is 2.47. The number of aromatic nitrogens is 2. The van der Waals surface area contributed by atoms with Crippen LogP contribution in [-0.2, 0) is 0 Å². The van der Waals surface area contributed by atoms with E-state index in [1.54, 1.807) is 6.20 Å². The Labute approximate surface area is 101 Å². The molecule has 88 valence electrons. The fourth-order valence-corrected chi connectivity index (χ4v) is 1.57. The Morgan fingerprint density at radius 2 is 2.00 bits per heavy atom. The van der Waals surface area contributed by atoms with Gasteiger partial charge in [-0.2, -0.15) is 0 Å². The van der Waals surface area contributed by atoms with Crippen LogP contribution in [0.5, 0.6) is 0 Å². The van der Waals surface area contributed by atoms with Crippen LogP contribution in [0.2, 0.25) is 0 Å². The Morgan fingerprint density at radius 1 is 1.24 bits per heavy atom. The number of nitrogens with two attached hydrogens (primary N) is 1. The maximum atomic E-state index is 5.44. The quantitative estimate of drug-likeness (QED) is 0.838. The lowest BCUT2D eigenvalue weighted by atomic mass is 10.2. The van der Waals surface area contributed by atoms with E-state index >= 15 is 0 Å². The van der Waals surface area contributed by atoms with Crippen molar-refractivity contribution in [3.05, 3.63) is 42.2 Å². The zero-order chi connectivity index (χ0) is 12.1. The molecule has 17 heavy (non-hydrogen) atoms. The van der Waals surface area contributed by atoms with E-state index in [9.17, 15) is 0 Å². The first kappa shape index (κ1) is 11.5. The second-order valence-electron chi connectivity index (χ2n) is 3.77. The summed E-state index contributed by atoms with van der Waals surface area (Å²) in [5, 5.41) is 3.19. The van der Waals surface area contributed by atoms with Gasteiger partial charge in [-0.1, -0.05) is 30.3 Å². The fourth-order valence-electron chi connectivity index (χ4n) is 1.57. The number of nitrogens with zero attached hydrogens (tertiary/aromatic N) is 2. The maximum absolute atomic E-state index is 5.44. The number of hydrogen-bond acceptors (Lipinski definition) is 4. The minimum absolute atomic E-state index is 0.597. The largest absolute Gasteiger partial charge is 0.381 e. The van der Waals surface area contributed by atoms with Crippen LogP contribution in [0, 0.1) is 6.92 Å². The van der Waals surface area contributed by atoms with Gasteiger partial charge in [0.15, 0.2) is 5.82 Å². The van der Waals surface area contributed by atoms with Gasteiger partial charge in [0.25, 0.3) is 0 Å². The van der Waals surface area contributed by atoms with Crippen molar-refractivity contribution in [2.45, 2.75) is 6.92 Å². The first-order chi connectivity index (χ1) is 8.31. The number of benzene rings is 1. The molecule has 0 saturated heterocycles. The van der Waals surface area contributed by atoms with Gasteiger partial charge in [0.05, 0.1) is 17.6 Å². The molecule has 1 aromatic heterocycles. The fraction of sp³-hybridized carbons (Fsp3) is 0.231. The zero-order valence-corrected chi connectivity index (χ0v) is 9.85. The Hall–Kier alpha value is -1.94. The van der Waals surface area contributed by atoms with Crippen molar-refractivity contribution in [2.75, 3.05) is 18.4 Å². The van der Waals surface area contributed by atoms with Crippen LogP contribution in [-0.4, -0.2) is 23.1 Å². The summed E-state index contributed by atoms with van der Waals surface area (Å²) in [4.78, 5) is 8.83. The van der Waals surface area contributed by atoms with Gasteiger partial charge in [0.2, 0.25) is 0 Å². The molecule has 0 unspecified atom stereocenters. The second kappa shape index (κ2) is 5.41. The normalized spacial score (nSPS) is 10.2. The molecule has 0 fully saturated rings. The Bertz CT molecular complexity index is 482. The molecule has 1 heterocycles. The van der Waals surface area contributed by atoms with E-state index in [1.165, 1.54) is 0 Å². The van der Waals surface area contributed by atoms with E-state index in [1.807, 2.05) is 37.3 Å². The molecule has 2 rings (SSSR count). The molecule has 4 nitrogen and oxygen atoms in total. The number of nitrogens with one attached hydrogen (secondary N) is 1. The minimum atomic E-state index is 0.597. The minimum Gasteiger partial charge on any atom is -0.381 e. The number of hydrogen-bond donors (Lipinski definition) is 2. The van der Waals surface area contributed by atoms with E-state index in [0.29, 0.717) is 6.54 Å². The molecule has 0 amide bonds. The van der Waals surface area contributed by atoms with Crippen LogP contribution < -0.4 is 11.1 Å². The standard InChI is InChI=1S/C13H16N4/c1-10-12(15-8-7-14)9-16-13(17-10)11-5-3-2-4-6-11/h2-6,9,15H,7-8,14H2,1H3. The van der Waals surface area contributed by atoms with E-state index in [4.69, 9.17) is 5.73 Å². The predicted octanol–water partition coefficient (Wildman–Crippen LogP) is 1.82. The van der Waals surface area contributed by atoms with E-state index in [0.717, 1.165) is 29.3 Å². The van der Waals surface area contributed by atoms with Gasteiger partial charge in [0.1, 0.15) is 0 Å². The third kappa shape index (κ3) is 2.79. The molecular weight excluding hydrogens is 212 g/mol. The Morgan fingerprint density at radius 3 is 2.65 bits per heavy atom. The van der Waals surface area contributed by atoms with Crippen LogP contribution in [0.3, 0.4) is 0 Å². The van der Waals surface area contributed by atoms with Gasteiger partial charge in [0, 0.05) is 18.7 Å². The van der Waals surface area contributed by atoms with Crippen molar-refractivity contribution in [2.24, 2.45) is 5.73 Å². The van der Waals surface area contributed by atoms with Crippen LogP contribution in [0.15, 0.2) is 36.5 Å². The molecule has 2 aromatic rings. The van der Waals surface area contributed by atoms with Crippen molar-refractivity contribution in [1.82, 2.24) is 9.97 Å². The lowest BCUT2D eigenvalue weighted by molar-refractivity contribution is 1.00. The molecule has 0 bridgehead atoms. The smallest absolute Gasteiger partial charge is 0.159 e. The van der Waals surface area contributed by atoms with Crippen molar-refractivity contribution in [1.29, 1.82) is 0 Å². The summed E-state index contributed by atoms with van der Waals surface area (Å²) in [5.74, 6) is 0.751. The molecular formula is C13H16N4. The second-order valence-corrected chi connectivity index (χ2v) is 3.77. The predicted molar refractivity (Wildman–Crippen MR) is 69.7 cm³/mol. The van der Waals surface area contributed by atoms with E-state index < -0.39 is 0 Å². The van der Waals surface area contributed by atoms with Gasteiger partial charge in [-0.25, -0.2) is 9.97 Å². The molecule has 4 heteroatoms. The van der Waals surface area contributed by atoms with Gasteiger partial charge in [-0.15, -0.1) is 0 Å². The molecule has 1 aromatic carbocycles. The molecule has 0 aliphatic carbocycles. The van der Waals surface area contributed by atoms with Gasteiger partial charge < -0.3 is 11.1 Å². The summed E-state index contributed by atoms with van der Waals surface area (Å²) < 4.78 is 0. The van der Waals surface area contributed by atoms with Gasteiger partial charge >= 0.3 is 0 Å². The summed E-state index contributed by atoms with van der Waals surface area (Å²) in [7, 11) is 0. The van der Waals surface area contributed by atoms with Crippen LogP contribution >= 0.6 is 0 Å². The topological polar surface area (TPSA) is 63.8 Å². The Kier molecular flexibility index (Phi) is 3.67. The van der Waals surface area contributed by atoms with E-state index in [-0.39, 0.29) is 0 Å². The van der Waals surface area contributed by atoms with Gasteiger partial charge in [-0.05, 0) is 6.92 Å². The lowest BCUT2D eigenvalue weighted by Gasteiger charge is -2.08. The first-order valence-electron chi connectivity index (χ1n) is 5.64. The molecule has 0 atom stereocenters. The van der Waals surface area contributed by atoms with Gasteiger partial charge in [-0.3, -0.25) is 0 Å². The summed E-state index contributed by atoms with van der Waals surface area (Å²) >= 11 is 0. The van der Waals surface area contributed by atoms with Crippen molar-refractivity contribution < 1.29 is 0 Å². The van der Waals surface area contributed by atoms with Crippen molar-refractivity contribution in [3.8, 4) is 11.4 Å². The molecule has 0 saturated carbocycles. The third-order valence-corrected chi connectivity index (χ3v) is 2.47. The maximum Gasteiger partial charge on any atom is 0.159 e. The average molecular weight is 228 g/mol. The zero-order valence-electron chi connectivity index (χ0n) is 9.85. The number of aryl methyl sites for hydroxylation is 1. The lowest BCUT2D eigenvalue weighted by Crippen LogP contribution is -2.14. The molecule has 0 spiro atoms. The number of rotatable bonds is 4. The van der Waals surface area contributed by atoms with Crippen molar-refractivity contribution in [3.63, 3.8) is 0 Å².